The fourth-order valence-corrected chi connectivity index (χ4v) is 0. The number of carboxylic acid groups (broad SMARTS) is 2. The summed E-state index contributed by atoms with van der Waals surface area (Å²) in [5.74, 6) is -2.44. The topological polar surface area (TPSA) is 293 Å². The Hall–Kier alpha value is 0.158. The van der Waals surface area contributed by atoms with Crippen molar-refractivity contribution in [1.29, 1.82) is 0 Å². The van der Waals surface area contributed by atoms with Crippen LogP contribution in [0, 0.1) is 0 Å². The molecule has 0 aromatic carbocycles. The molecular formula is C4H8Fe3N2O12S2. The van der Waals surface area contributed by atoms with E-state index in [4.69, 9.17) is 54.8 Å². The Morgan fingerprint density at radius 2 is 0.696 bits per heavy atom. The standard InChI is InChI=1S/2C2H5NO2.3Fe.2H2O4S/c2*3-1-2(4)5;;;;2*1-5(2,3)4/h2*1,3H2,(H,4,5);;;;2*(H2,1,2,3,4)/q;;3*+2;;/p-6. The second kappa shape index (κ2) is 24.4. The van der Waals surface area contributed by atoms with Gasteiger partial charge in [0.2, 0.25) is 0 Å². The average Bonchev–Trinajstić information content (AvgIpc) is 2.13. The molecule has 0 saturated carbocycles. The van der Waals surface area contributed by atoms with E-state index in [0.29, 0.717) is 0 Å². The zero-order valence-corrected chi connectivity index (χ0v) is 15.3. The summed E-state index contributed by atoms with van der Waals surface area (Å²) in [6.07, 6.45) is 0. The Morgan fingerprint density at radius 3 is 0.696 bits per heavy atom. The number of nitrogens with two attached hydrogens (primary N) is 2. The van der Waals surface area contributed by atoms with Crippen LogP contribution in [0.5, 0.6) is 0 Å². The van der Waals surface area contributed by atoms with Gasteiger partial charge in [-0.2, -0.15) is 0 Å². The van der Waals surface area contributed by atoms with E-state index in [1.165, 1.54) is 0 Å². The Labute approximate surface area is 162 Å². The van der Waals surface area contributed by atoms with Crippen molar-refractivity contribution >= 4 is 32.7 Å². The van der Waals surface area contributed by atoms with Crippen LogP contribution in [-0.4, -0.2) is 60.1 Å². The number of rotatable bonds is 2. The third kappa shape index (κ3) is 521. The quantitative estimate of drug-likeness (QED) is 0.199. The molecule has 0 aliphatic carbocycles. The minimum Gasteiger partial charge on any atom is -0.759 e. The molecule has 0 aromatic heterocycles. The largest absolute Gasteiger partial charge is 2.00 e. The van der Waals surface area contributed by atoms with E-state index in [0.717, 1.165) is 0 Å². The maximum atomic E-state index is 9.13. The number of carbonyl (C=O) groups excluding carboxylic acids is 2. The van der Waals surface area contributed by atoms with Gasteiger partial charge in [0.05, 0.1) is 11.9 Å². The van der Waals surface area contributed by atoms with Crippen molar-refractivity contribution in [2.24, 2.45) is 11.5 Å². The van der Waals surface area contributed by atoms with E-state index in [1.807, 2.05) is 0 Å². The van der Waals surface area contributed by atoms with Gasteiger partial charge in [-0.3, -0.25) is 16.8 Å². The van der Waals surface area contributed by atoms with Crippen molar-refractivity contribution < 1.29 is 106 Å². The molecule has 0 radical (unpaired) electrons. The van der Waals surface area contributed by atoms with E-state index in [2.05, 4.69) is 11.5 Å². The zero-order chi connectivity index (χ0) is 17.6. The van der Waals surface area contributed by atoms with E-state index in [-0.39, 0.29) is 64.3 Å². The summed E-state index contributed by atoms with van der Waals surface area (Å²) < 4.78 is 68.2. The summed E-state index contributed by atoms with van der Waals surface area (Å²) in [5.41, 5.74) is 9.02. The Kier molecular flexibility index (Phi) is 46.2. The molecule has 0 amide bonds. The van der Waals surface area contributed by atoms with Crippen LogP contribution in [0.1, 0.15) is 0 Å². The molecule has 142 valence electrons. The van der Waals surface area contributed by atoms with Crippen LogP contribution in [0.2, 0.25) is 0 Å². The molecule has 0 aliphatic rings. The minimum absolute atomic E-state index is 0. The number of aliphatic carboxylic acids is 2. The van der Waals surface area contributed by atoms with Gasteiger partial charge in [-0.05, 0) is 0 Å². The molecular weight excluding hydrogens is 500 g/mol. The first-order chi connectivity index (χ1) is 8.54. The molecule has 0 heterocycles. The van der Waals surface area contributed by atoms with Crippen LogP contribution >= 0.6 is 0 Å². The van der Waals surface area contributed by atoms with Crippen LogP contribution in [0.25, 0.3) is 0 Å². The molecule has 23 heavy (non-hydrogen) atoms. The van der Waals surface area contributed by atoms with Gasteiger partial charge in [0.25, 0.3) is 0 Å². The van der Waals surface area contributed by atoms with Crippen LogP contribution in [-0.2, 0) is 81.6 Å². The van der Waals surface area contributed by atoms with Crippen LogP contribution in [0.15, 0.2) is 0 Å². The number of carbonyl (C=O) groups is 2. The van der Waals surface area contributed by atoms with Crippen molar-refractivity contribution in [3.8, 4) is 0 Å². The monoisotopic (exact) mass is 508 g/mol. The second-order valence-corrected chi connectivity index (χ2v) is 3.60. The molecule has 14 nitrogen and oxygen atoms in total. The van der Waals surface area contributed by atoms with Gasteiger partial charge in [-0.25, -0.2) is 0 Å². The van der Waals surface area contributed by atoms with Crippen LogP contribution in [0.3, 0.4) is 0 Å². The van der Waals surface area contributed by atoms with E-state index >= 15 is 0 Å². The smallest absolute Gasteiger partial charge is 0.759 e. The molecule has 0 rings (SSSR count). The predicted octanol–water partition coefficient (Wildman–Crippen LogP) is -7.29. The van der Waals surface area contributed by atoms with Crippen LogP contribution in [0.4, 0.5) is 0 Å². The molecule has 0 unspecified atom stereocenters. The maximum absolute atomic E-state index is 9.13. The van der Waals surface area contributed by atoms with Gasteiger partial charge < -0.3 is 49.5 Å². The summed E-state index contributed by atoms with van der Waals surface area (Å²) in [7, 11) is -10.3. The summed E-state index contributed by atoms with van der Waals surface area (Å²) in [5, 5.41) is 18.3. The molecule has 0 aliphatic heterocycles. The Morgan fingerprint density at radius 1 is 0.652 bits per heavy atom. The summed E-state index contributed by atoms with van der Waals surface area (Å²) >= 11 is 0. The number of carboxylic acids is 2. The fourth-order valence-electron chi connectivity index (χ4n) is 0. The Balaban J connectivity index is -0.0000000284. The second-order valence-electron chi connectivity index (χ2n) is 1.97. The van der Waals surface area contributed by atoms with Gasteiger partial charge in [-0.15, -0.1) is 0 Å². The van der Waals surface area contributed by atoms with E-state index in [9.17, 15) is 0 Å². The summed E-state index contributed by atoms with van der Waals surface area (Å²) in [6.45, 7) is -0.778. The molecule has 0 bridgehead atoms. The van der Waals surface area contributed by atoms with E-state index < -0.39 is 32.7 Å². The fraction of sp³-hybridized carbons (Fsp3) is 0.500. The average molecular weight is 508 g/mol. The number of hydrogen-bond acceptors (Lipinski definition) is 14. The van der Waals surface area contributed by atoms with Crippen molar-refractivity contribution in [3.05, 3.63) is 0 Å². The molecule has 4 N–H and O–H groups in total. The predicted molar refractivity (Wildman–Crippen MR) is 49.1 cm³/mol. The molecule has 19 heteroatoms. The molecule has 0 aromatic rings. The normalized spacial score (nSPS) is 8.26. The van der Waals surface area contributed by atoms with Gasteiger partial charge in [0.15, 0.2) is 0 Å². The first-order valence-corrected chi connectivity index (χ1v) is 6.34. The molecule has 0 fully saturated rings. The molecule has 0 saturated heterocycles. The van der Waals surface area contributed by atoms with Gasteiger partial charge >= 0.3 is 51.2 Å². The van der Waals surface area contributed by atoms with Gasteiger partial charge in [-0.1, -0.05) is 0 Å². The third-order valence-corrected chi connectivity index (χ3v) is 0.333. The van der Waals surface area contributed by atoms with Crippen molar-refractivity contribution in [2.45, 2.75) is 0 Å². The summed E-state index contributed by atoms with van der Waals surface area (Å²) in [6, 6.07) is 0. The summed E-state index contributed by atoms with van der Waals surface area (Å²) in [4.78, 5) is 18.3. The SMILES string of the molecule is NCC(=O)[O-].NCC(=O)[O-].O=S(=O)([O-])[O-].O=S(=O)([O-])[O-].[Fe+2].[Fe+2].[Fe+2]. The first-order valence-electron chi connectivity index (χ1n) is 3.67. The number of hydrogen-bond donors (Lipinski definition) is 2. The molecule has 0 spiro atoms. The van der Waals surface area contributed by atoms with Gasteiger partial charge in [0.1, 0.15) is 0 Å². The Bertz CT molecular complexity index is 405. The van der Waals surface area contributed by atoms with Crippen molar-refractivity contribution in [2.75, 3.05) is 13.1 Å². The van der Waals surface area contributed by atoms with Crippen molar-refractivity contribution in [1.82, 2.24) is 0 Å². The molecule has 0 atom stereocenters. The van der Waals surface area contributed by atoms with Gasteiger partial charge in [0, 0.05) is 33.9 Å². The zero-order valence-electron chi connectivity index (χ0n) is 10.3. The van der Waals surface area contributed by atoms with E-state index in [1.54, 1.807) is 0 Å². The minimum atomic E-state index is -5.17. The maximum Gasteiger partial charge on any atom is 2.00 e. The third-order valence-electron chi connectivity index (χ3n) is 0.333. The first kappa shape index (κ1) is 43.6. The van der Waals surface area contributed by atoms with Crippen LogP contribution < -0.4 is 21.7 Å². The van der Waals surface area contributed by atoms with Crippen molar-refractivity contribution in [3.63, 3.8) is 0 Å².